The van der Waals surface area contributed by atoms with E-state index in [2.05, 4.69) is 5.32 Å². The average Bonchev–Trinajstić information content (AvgIpc) is 2.39. The van der Waals surface area contributed by atoms with E-state index < -0.39 is 23.6 Å². The average molecular weight is 292 g/mol. The summed E-state index contributed by atoms with van der Waals surface area (Å²) >= 11 is 0. The zero-order chi connectivity index (χ0) is 14.8. The van der Waals surface area contributed by atoms with Crippen molar-refractivity contribution in [3.05, 3.63) is 35.1 Å². The van der Waals surface area contributed by atoms with E-state index in [4.69, 9.17) is 0 Å². The lowest BCUT2D eigenvalue weighted by molar-refractivity contribution is -0.137. The summed E-state index contributed by atoms with van der Waals surface area (Å²) in [6.45, 7) is 2.24. The minimum absolute atomic E-state index is 0.154. The van der Waals surface area contributed by atoms with Crippen molar-refractivity contribution < 1.29 is 22.7 Å². The van der Waals surface area contributed by atoms with Gasteiger partial charge in [-0.2, -0.15) is 13.2 Å². The highest BCUT2D eigenvalue weighted by Crippen LogP contribution is 2.32. The molecule has 0 spiro atoms. The minimum atomic E-state index is -4.60. The van der Waals surface area contributed by atoms with Gasteiger partial charge in [-0.3, -0.25) is 4.90 Å². The first kappa shape index (κ1) is 15.2. The van der Waals surface area contributed by atoms with Gasteiger partial charge in [0.2, 0.25) is 0 Å². The molecule has 1 atom stereocenters. The Labute approximate surface area is 114 Å². The Hall–Kier alpha value is -1.18. The summed E-state index contributed by atoms with van der Waals surface area (Å²) in [7, 11) is 0. The fourth-order valence-corrected chi connectivity index (χ4v) is 2.39. The van der Waals surface area contributed by atoms with Crippen molar-refractivity contribution in [2.24, 2.45) is 0 Å². The summed E-state index contributed by atoms with van der Waals surface area (Å²) in [5.74, 6) is -0.941. The molecule has 3 nitrogen and oxygen atoms in total. The van der Waals surface area contributed by atoms with E-state index in [9.17, 15) is 22.7 Å². The van der Waals surface area contributed by atoms with Gasteiger partial charge in [0.15, 0.2) is 0 Å². The summed E-state index contributed by atoms with van der Waals surface area (Å²) < 4.78 is 51.5. The predicted octanol–water partition coefficient (Wildman–Crippen LogP) is 1.78. The molecule has 1 aromatic carbocycles. The molecule has 1 aliphatic heterocycles. The lowest BCUT2D eigenvalue weighted by atomic mass is 10.0. The number of nitrogens with zero attached hydrogens (tertiary/aromatic N) is 1. The number of benzene rings is 1. The second kappa shape index (κ2) is 6.07. The van der Waals surface area contributed by atoms with E-state index in [-0.39, 0.29) is 12.2 Å². The molecule has 0 radical (unpaired) electrons. The number of rotatable bonds is 3. The van der Waals surface area contributed by atoms with Crippen LogP contribution in [-0.2, 0) is 6.18 Å². The molecule has 1 saturated heterocycles. The van der Waals surface area contributed by atoms with Crippen molar-refractivity contribution in [3.8, 4) is 0 Å². The number of alkyl halides is 3. The van der Waals surface area contributed by atoms with Crippen molar-refractivity contribution in [1.82, 2.24) is 10.2 Å². The first-order chi connectivity index (χ1) is 9.41. The lowest BCUT2D eigenvalue weighted by Crippen LogP contribution is -2.46. The van der Waals surface area contributed by atoms with Crippen LogP contribution in [0.15, 0.2) is 18.2 Å². The van der Waals surface area contributed by atoms with E-state index in [1.54, 1.807) is 0 Å². The number of nitrogens with one attached hydrogen (secondary N) is 1. The number of halogens is 4. The van der Waals surface area contributed by atoms with Crippen LogP contribution >= 0.6 is 0 Å². The van der Waals surface area contributed by atoms with Crippen LogP contribution in [0.2, 0.25) is 0 Å². The van der Waals surface area contributed by atoms with Gasteiger partial charge in [0.1, 0.15) is 5.82 Å². The van der Waals surface area contributed by atoms with E-state index in [0.717, 1.165) is 12.1 Å². The van der Waals surface area contributed by atoms with Gasteiger partial charge in [-0.05, 0) is 23.8 Å². The Balaban J connectivity index is 2.31. The quantitative estimate of drug-likeness (QED) is 0.834. The van der Waals surface area contributed by atoms with Crippen LogP contribution in [0.3, 0.4) is 0 Å². The number of hydrogen-bond acceptors (Lipinski definition) is 3. The van der Waals surface area contributed by atoms with Gasteiger partial charge in [-0.15, -0.1) is 0 Å². The highest BCUT2D eigenvalue weighted by atomic mass is 19.4. The lowest BCUT2D eigenvalue weighted by Gasteiger charge is -2.34. The molecule has 1 aromatic rings. The predicted molar refractivity (Wildman–Crippen MR) is 65.7 cm³/mol. The van der Waals surface area contributed by atoms with Gasteiger partial charge < -0.3 is 10.4 Å². The summed E-state index contributed by atoms with van der Waals surface area (Å²) in [6.07, 6.45) is -4.60. The third-order valence-electron chi connectivity index (χ3n) is 3.40. The van der Waals surface area contributed by atoms with E-state index in [0.29, 0.717) is 32.2 Å². The zero-order valence-corrected chi connectivity index (χ0v) is 10.8. The highest BCUT2D eigenvalue weighted by molar-refractivity contribution is 5.29. The molecule has 0 saturated carbocycles. The molecule has 2 rings (SSSR count). The van der Waals surface area contributed by atoms with Crippen molar-refractivity contribution in [1.29, 1.82) is 0 Å². The molecule has 0 amide bonds. The third-order valence-corrected chi connectivity index (χ3v) is 3.40. The molecule has 7 heteroatoms. The van der Waals surface area contributed by atoms with Crippen LogP contribution in [0.4, 0.5) is 17.6 Å². The highest BCUT2D eigenvalue weighted by Gasteiger charge is 2.32. The third kappa shape index (κ3) is 3.47. The second-order valence-corrected chi connectivity index (χ2v) is 4.76. The van der Waals surface area contributed by atoms with Crippen LogP contribution in [0.5, 0.6) is 0 Å². The summed E-state index contributed by atoms with van der Waals surface area (Å²) in [5, 5.41) is 12.6. The summed E-state index contributed by atoms with van der Waals surface area (Å²) in [4.78, 5) is 1.85. The zero-order valence-electron chi connectivity index (χ0n) is 10.8. The fourth-order valence-electron chi connectivity index (χ4n) is 2.39. The maximum absolute atomic E-state index is 13.4. The largest absolute Gasteiger partial charge is 0.416 e. The summed E-state index contributed by atoms with van der Waals surface area (Å²) in [5.41, 5.74) is -0.872. The molecular formula is C13H16F4N2O. The van der Waals surface area contributed by atoms with E-state index in [1.165, 1.54) is 0 Å². The maximum Gasteiger partial charge on any atom is 0.416 e. The van der Waals surface area contributed by atoms with Crippen LogP contribution < -0.4 is 5.32 Å². The Morgan fingerprint density at radius 2 is 1.85 bits per heavy atom. The van der Waals surface area contributed by atoms with Gasteiger partial charge in [-0.1, -0.05) is 0 Å². The van der Waals surface area contributed by atoms with Gasteiger partial charge in [-0.25, -0.2) is 4.39 Å². The standard InChI is InChI=1S/C13H16F4N2O/c14-11-6-9(5-10(7-11)13(15,16)17)12(8-20)19-3-1-18-2-4-19/h5-7,12,18,20H,1-4,8H2/t12-/m0/s1. The molecule has 0 aromatic heterocycles. The molecule has 1 fully saturated rings. The molecule has 2 N–H and O–H groups in total. The van der Waals surface area contributed by atoms with E-state index in [1.807, 2.05) is 4.90 Å². The molecule has 0 unspecified atom stereocenters. The first-order valence-corrected chi connectivity index (χ1v) is 6.35. The SMILES string of the molecule is OC[C@@H](c1cc(F)cc(C(F)(F)F)c1)N1CCNCC1. The van der Waals surface area contributed by atoms with Gasteiger partial charge >= 0.3 is 6.18 Å². The van der Waals surface area contributed by atoms with Crippen molar-refractivity contribution in [3.63, 3.8) is 0 Å². The second-order valence-electron chi connectivity index (χ2n) is 4.76. The molecule has 0 aliphatic carbocycles. The Morgan fingerprint density at radius 3 is 2.40 bits per heavy atom. The monoisotopic (exact) mass is 292 g/mol. The molecule has 1 aliphatic rings. The van der Waals surface area contributed by atoms with Crippen molar-refractivity contribution >= 4 is 0 Å². The van der Waals surface area contributed by atoms with Crippen LogP contribution in [0.25, 0.3) is 0 Å². The normalized spacial score (nSPS) is 19.1. The van der Waals surface area contributed by atoms with Crippen molar-refractivity contribution in [2.75, 3.05) is 32.8 Å². The maximum atomic E-state index is 13.4. The number of aliphatic hydroxyl groups is 1. The topological polar surface area (TPSA) is 35.5 Å². The van der Waals surface area contributed by atoms with Crippen LogP contribution in [-0.4, -0.2) is 42.8 Å². The number of aliphatic hydroxyl groups excluding tert-OH is 1. The molecule has 112 valence electrons. The smallest absolute Gasteiger partial charge is 0.394 e. The summed E-state index contributed by atoms with van der Waals surface area (Å²) in [6, 6.07) is 1.81. The van der Waals surface area contributed by atoms with Gasteiger partial charge in [0.05, 0.1) is 18.2 Å². The van der Waals surface area contributed by atoms with Crippen LogP contribution in [0.1, 0.15) is 17.2 Å². The molecule has 1 heterocycles. The first-order valence-electron chi connectivity index (χ1n) is 6.35. The Bertz CT molecular complexity index is 458. The fraction of sp³-hybridized carbons (Fsp3) is 0.538. The van der Waals surface area contributed by atoms with Gasteiger partial charge in [0, 0.05) is 26.2 Å². The van der Waals surface area contributed by atoms with Gasteiger partial charge in [0.25, 0.3) is 0 Å². The van der Waals surface area contributed by atoms with Crippen molar-refractivity contribution in [2.45, 2.75) is 12.2 Å². The molecule has 0 bridgehead atoms. The molecule has 20 heavy (non-hydrogen) atoms. The minimum Gasteiger partial charge on any atom is -0.394 e. The molecular weight excluding hydrogens is 276 g/mol. The van der Waals surface area contributed by atoms with Crippen LogP contribution in [0, 0.1) is 5.82 Å². The Kier molecular flexibility index (Phi) is 4.62. The number of piperazine rings is 1. The number of hydrogen-bond donors (Lipinski definition) is 2. The Morgan fingerprint density at radius 1 is 1.20 bits per heavy atom. The van der Waals surface area contributed by atoms with E-state index >= 15 is 0 Å².